The molecule has 4 rings (SSSR count). The molecule has 0 aliphatic carbocycles. The van der Waals surface area contributed by atoms with Gasteiger partial charge in [-0.05, 0) is 54.6 Å². The van der Waals surface area contributed by atoms with Gasteiger partial charge >= 0.3 is 6.18 Å². The van der Waals surface area contributed by atoms with Gasteiger partial charge in [-0.1, -0.05) is 48.4 Å². The van der Waals surface area contributed by atoms with Gasteiger partial charge in [-0.15, -0.1) is 0 Å². The zero-order valence-electron chi connectivity index (χ0n) is 17.8. The number of alkyl halides is 3. The average Bonchev–Trinajstić information content (AvgIpc) is 2.80. The molecule has 3 heterocycles. The number of rotatable bonds is 4. The van der Waals surface area contributed by atoms with E-state index in [1.807, 2.05) is 18.5 Å². The minimum Gasteiger partial charge on any atom is -0.364 e. The monoisotopic (exact) mass is 476 g/mol. The highest BCUT2D eigenvalue weighted by molar-refractivity contribution is 6.34. The Morgan fingerprint density at radius 1 is 1.09 bits per heavy atom. The zero-order chi connectivity index (χ0) is 23.8. The van der Waals surface area contributed by atoms with Crippen molar-refractivity contribution in [1.82, 2.24) is 15.3 Å². The molecule has 3 N–H and O–H groups in total. The fourth-order valence-corrected chi connectivity index (χ4v) is 3.90. The molecule has 5 nitrogen and oxygen atoms in total. The van der Waals surface area contributed by atoms with E-state index in [9.17, 15) is 18.0 Å². The molecule has 1 aliphatic heterocycles. The van der Waals surface area contributed by atoms with Crippen LogP contribution < -0.4 is 11.1 Å². The number of piperidine rings is 1. The van der Waals surface area contributed by atoms with Gasteiger partial charge in [-0.25, -0.2) is 4.98 Å². The summed E-state index contributed by atoms with van der Waals surface area (Å²) >= 11 is 5.31. The summed E-state index contributed by atoms with van der Waals surface area (Å²) in [5.41, 5.74) is 6.92. The highest BCUT2D eigenvalue weighted by Gasteiger charge is 2.34. The number of primary amides is 1. The highest BCUT2D eigenvalue weighted by Crippen LogP contribution is 2.35. The Bertz CT molecular complexity index is 1050. The number of nitrogens with two attached hydrogens (primary N) is 1. The fourth-order valence-electron chi connectivity index (χ4n) is 3.58. The minimum atomic E-state index is -4.62. The first-order valence-electron chi connectivity index (χ1n) is 10.5. The highest BCUT2D eigenvalue weighted by atomic mass is 35.5. The van der Waals surface area contributed by atoms with Crippen LogP contribution in [0.1, 0.15) is 40.9 Å². The predicted molar refractivity (Wildman–Crippen MR) is 122 cm³/mol. The van der Waals surface area contributed by atoms with Gasteiger partial charge in [0.2, 0.25) is 0 Å². The van der Waals surface area contributed by atoms with Crippen molar-refractivity contribution in [2.75, 3.05) is 6.54 Å². The maximum atomic E-state index is 12.2. The zero-order valence-corrected chi connectivity index (χ0v) is 18.5. The summed E-state index contributed by atoms with van der Waals surface area (Å²) in [5.74, 6) is -1.10. The first kappa shape index (κ1) is 24.7. The third kappa shape index (κ3) is 7.00. The van der Waals surface area contributed by atoms with Crippen LogP contribution in [0, 0.1) is 0 Å². The largest absolute Gasteiger partial charge is 0.417 e. The summed E-state index contributed by atoms with van der Waals surface area (Å²) in [6, 6.07) is 14.3. The Labute approximate surface area is 195 Å². The Balaban J connectivity index is 0.000000196. The Morgan fingerprint density at radius 2 is 1.85 bits per heavy atom. The molecule has 174 valence electrons. The minimum absolute atomic E-state index is 0.582. The summed E-state index contributed by atoms with van der Waals surface area (Å²) in [5, 5.41) is 2.83. The number of carbonyl (C=O) groups is 1. The maximum absolute atomic E-state index is 12.2. The summed E-state index contributed by atoms with van der Waals surface area (Å²) < 4.78 is 36.7. The van der Waals surface area contributed by atoms with E-state index < -0.39 is 28.4 Å². The molecule has 0 bridgehead atoms. The molecule has 1 aliphatic rings. The molecule has 1 unspecified atom stereocenters. The number of aromatic nitrogens is 2. The van der Waals surface area contributed by atoms with Gasteiger partial charge in [0, 0.05) is 24.6 Å². The lowest BCUT2D eigenvalue weighted by Gasteiger charge is -2.23. The van der Waals surface area contributed by atoms with Gasteiger partial charge in [0.1, 0.15) is 5.69 Å². The number of amides is 1. The summed E-state index contributed by atoms with van der Waals surface area (Å²) in [7, 11) is 0. The standard InChI is InChI=1S/C17H20N2.C7H4ClF3N2O/c1-2-11-19-17(5-1)12-14-6-8-15(9-7-14)16-4-3-10-18-13-16;8-4-3(7(9,10)11)1-2-13-5(4)6(12)14/h3-4,6-10,13,17,19H,1-2,5,11-12H2;1-2H,(H2,12,14). The lowest BCUT2D eigenvalue weighted by atomic mass is 9.96. The second-order valence-corrected chi connectivity index (χ2v) is 8.05. The van der Waals surface area contributed by atoms with Crippen molar-refractivity contribution in [3.8, 4) is 11.1 Å². The van der Waals surface area contributed by atoms with E-state index in [0.717, 1.165) is 12.6 Å². The van der Waals surface area contributed by atoms with Crippen molar-refractivity contribution in [3.05, 3.63) is 82.9 Å². The van der Waals surface area contributed by atoms with E-state index in [1.54, 1.807) is 0 Å². The molecule has 1 amide bonds. The van der Waals surface area contributed by atoms with Crippen LogP contribution in [0.15, 0.2) is 61.1 Å². The number of carbonyl (C=O) groups excluding carboxylic acids is 1. The second kappa shape index (κ2) is 11.2. The van der Waals surface area contributed by atoms with Crippen LogP contribution >= 0.6 is 11.6 Å². The van der Waals surface area contributed by atoms with Crippen molar-refractivity contribution in [3.63, 3.8) is 0 Å². The smallest absolute Gasteiger partial charge is 0.364 e. The van der Waals surface area contributed by atoms with Gasteiger partial charge in [0.05, 0.1) is 10.6 Å². The fraction of sp³-hybridized carbons (Fsp3) is 0.292. The van der Waals surface area contributed by atoms with Crippen LogP contribution in [0.4, 0.5) is 13.2 Å². The van der Waals surface area contributed by atoms with Crippen molar-refractivity contribution >= 4 is 17.5 Å². The first-order chi connectivity index (χ1) is 15.8. The van der Waals surface area contributed by atoms with Gasteiger partial charge < -0.3 is 11.1 Å². The topological polar surface area (TPSA) is 80.9 Å². The third-order valence-corrected chi connectivity index (χ3v) is 5.65. The van der Waals surface area contributed by atoms with E-state index in [2.05, 4.69) is 45.6 Å². The Morgan fingerprint density at radius 3 is 2.42 bits per heavy atom. The normalized spacial score (nSPS) is 15.9. The molecular formula is C24H24ClF3N4O. The molecule has 1 saturated heterocycles. The van der Waals surface area contributed by atoms with Crippen LogP contribution in [0.25, 0.3) is 11.1 Å². The van der Waals surface area contributed by atoms with Crippen LogP contribution in [0.5, 0.6) is 0 Å². The molecule has 0 spiro atoms. The summed E-state index contributed by atoms with van der Waals surface area (Å²) in [6.07, 6.45) is 5.09. The molecular weight excluding hydrogens is 453 g/mol. The van der Waals surface area contributed by atoms with E-state index >= 15 is 0 Å². The van der Waals surface area contributed by atoms with Gasteiger partial charge in [-0.2, -0.15) is 13.2 Å². The molecule has 1 fully saturated rings. The van der Waals surface area contributed by atoms with E-state index in [0.29, 0.717) is 12.1 Å². The lowest BCUT2D eigenvalue weighted by molar-refractivity contribution is -0.137. The van der Waals surface area contributed by atoms with Gasteiger partial charge in [-0.3, -0.25) is 9.78 Å². The van der Waals surface area contributed by atoms with Gasteiger partial charge in [0.25, 0.3) is 5.91 Å². The number of hydrogen-bond acceptors (Lipinski definition) is 4. The average molecular weight is 477 g/mol. The first-order valence-corrected chi connectivity index (χ1v) is 10.9. The Hall–Kier alpha value is -2.97. The van der Waals surface area contributed by atoms with Crippen LogP contribution in [0.3, 0.4) is 0 Å². The van der Waals surface area contributed by atoms with Crippen molar-refractivity contribution in [2.45, 2.75) is 37.9 Å². The molecule has 0 saturated carbocycles. The van der Waals surface area contributed by atoms with Crippen LogP contribution in [0.2, 0.25) is 5.02 Å². The second-order valence-electron chi connectivity index (χ2n) is 7.67. The molecule has 9 heteroatoms. The van der Waals surface area contributed by atoms with Crippen molar-refractivity contribution in [2.24, 2.45) is 5.73 Å². The Kier molecular flexibility index (Phi) is 8.41. The molecule has 1 atom stereocenters. The van der Waals surface area contributed by atoms with Crippen molar-refractivity contribution < 1.29 is 18.0 Å². The quantitative estimate of drug-likeness (QED) is 0.536. The SMILES string of the molecule is NC(=O)c1nccc(C(F)(F)F)c1Cl.c1cncc(-c2ccc(CC3CCCCN3)cc2)c1. The third-order valence-electron chi connectivity index (χ3n) is 5.27. The number of benzene rings is 1. The maximum Gasteiger partial charge on any atom is 0.417 e. The molecule has 2 aromatic heterocycles. The number of hydrogen-bond donors (Lipinski definition) is 2. The number of halogens is 4. The predicted octanol–water partition coefficient (Wildman–Crippen LogP) is 5.29. The molecule has 33 heavy (non-hydrogen) atoms. The van der Waals surface area contributed by atoms with E-state index in [1.165, 1.54) is 42.5 Å². The van der Waals surface area contributed by atoms with Gasteiger partial charge in [0.15, 0.2) is 0 Å². The van der Waals surface area contributed by atoms with Crippen LogP contribution in [-0.2, 0) is 12.6 Å². The lowest BCUT2D eigenvalue weighted by Crippen LogP contribution is -2.35. The molecule has 1 aromatic carbocycles. The number of nitrogens with one attached hydrogen (secondary N) is 1. The van der Waals surface area contributed by atoms with Crippen LogP contribution in [-0.4, -0.2) is 28.5 Å². The number of pyridine rings is 2. The summed E-state index contributed by atoms with van der Waals surface area (Å²) in [4.78, 5) is 18.1. The van der Waals surface area contributed by atoms with E-state index in [-0.39, 0.29) is 0 Å². The molecule has 3 aromatic rings. The summed E-state index contributed by atoms with van der Waals surface area (Å²) in [6.45, 7) is 1.18. The van der Waals surface area contributed by atoms with Crippen molar-refractivity contribution in [1.29, 1.82) is 0 Å². The molecule has 0 radical (unpaired) electrons. The number of nitrogens with zero attached hydrogens (tertiary/aromatic N) is 2. The van der Waals surface area contributed by atoms with E-state index in [4.69, 9.17) is 17.3 Å².